The topological polar surface area (TPSA) is 30.2 Å². The predicted octanol–water partition coefficient (Wildman–Crippen LogP) is 7.07. The van der Waals surface area contributed by atoms with Gasteiger partial charge in [-0.05, 0) is 47.3 Å². The summed E-state index contributed by atoms with van der Waals surface area (Å²) in [6, 6.07) is 25.8. The molecule has 4 heteroatoms. The van der Waals surface area contributed by atoms with Crippen LogP contribution in [0.3, 0.4) is 0 Å². The first-order valence-electron chi connectivity index (χ1n) is 9.92. The number of hydrogen-bond donors (Lipinski definition) is 0. The van der Waals surface area contributed by atoms with Crippen molar-refractivity contribution >= 4 is 59.0 Å². The van der Waals surface area contributed by atoms with E-state index in [0.717, 1.165) is 22.1 Å². The molecule has 0 saturated carbocycles. The van der Waals surface area contributed by atoms with E-state index < -0.39 is 0 Å². The monoisotopic (exact) mass is 401 g/mol. The summed E-state index contributed by atoms with van der Waals surface area (Å²) in [5.74, 6) is 0. The first-order valence-corrected chi connectivity index (χ1v) is 10.7. The molecule has 0 fully saturated rings. The Bertz CT molecular complexity index is 1760. The number of aromatic nitrogens is 3. The van der Waals surface area contributed by atoms with Crippen molar-refractivity contribution in [2.45, 2.75) is 0 Å². The number of imidazole rings is 1. The summed E-state index contributed by atoms with van der Waals surface area (Å²) < 4.78 is 4.85. The maximum absolute atomic E-state index is 4.89. The van der Waals surface area contributed by atoms with E-state index in [1.165, 1.54) is 36.7 Å². The van der Waals surface area contributed by atoms with Crippen molar-refractivity contribution in [2.75, 3.05) is 0 Å². The van der Waals surface area contributed by atoms with Crippen molar-refractivity contribution in [2.24, 2.45) is 0 Å². The number of benzene rings is 3. The highest BCUT2D eigenvalue weighted by Gasteiger charge is 2.14. The Hall–Kier alpha value is -3.76. The summed E-state index contributed by atoms with van der Waals surface area (Å²) in [4.78, 5) is 9.28. The number of hydrogen-bond acceptors (Lipinski definition) is 3. The number of fused-ring (bicyclic) bond motifs is 8. The van der Waals surface area contributed by atoms with Crippen molar-refractivity contribution in [1.82, 2.24) is 14.4 Å². The van der Waals surface area contributed by atoms with E-state index in [-0.39, 0.29) is 0 Å². The third-order valence-corrected chi connectivity index (χ3v) is 7.05. The molecule has 0 bridgehead atoms. The van der Waals surface area contributed by atoms with Crippen molar-refractivity contribution in [3.8, 4) is 11.1 Å². The molecule has 0 radical (unpaired) electrons. The maximum Gasteiger partial charge on any atom is 0.147 e. The van der Waals surface area contributed by atoms with Crippen molar-refractivity contribution in [1.29, 1.82) is 0 Å². The van der Waals surface area contributed by atoms with Crippen molar-refractivity contribution < 1.29 is 0 Å². The van der Waals surface area contributed by atoms with Gasteiger partial charge in [0, 0.05) is 49.7 Å². The maximum atomic E-state index is 4.89. The van der Waals surface area contributed by atoms with Crippen LogP contribution in [0.2, 0.25) is 0 Å². The molecular weight excluding hydrogens is 386 g/mol. The van der Waals surface area contributed by atoms with Gasteiger partial charge >= 0.3 is 0 Å². The zero-order chi connectivity index (χ0) is 19.7. The molecule has 0 atom stereocenters. The van der Waals surface area contributed by atoms with Gasteiger partial charge in [-0.1, -0.05) is 36.4 Å². The lowest BCUT2D eigenvalue weighted by molar-refractivity contribution is 1.24. The van der Waals surface area contributed by atoms with Gasteiger partial charge in [-0.2, -0.15) is 0 Å². The average Bonchev–Trinajstić information content (AvgIpc) is 3.36. The van der Waals surface area contributed by atoms with Gasteiger partial charge in [0.25, 0.3) is 0 Å². The molecule has 7 rings (SSSR count). The summed E-state index contributed by atoms with van der Waals surface area (Å²) >= 11 is 1.85. The third kappa shape index (κ3) is 2.14. The van der Waals surface area contributed by atoms with Crippen LogP contribution < -0.4 is 0 Å². The lowest BCUT2D eigenvalue weighted by Gasteiger charge is -2.10. The van der Waals surface area contributed by atoms with E-state index in [4.69, 9.17) is 4.98 Å². The van der Waals surface area contributed by atoms with Crippen LogP contribution in [-0.4, -0.2) is 14.4 Å². The van der Waals surface area contributed by atoms with Gasteiger partial charge in [-0.3, -0.25) is 9.38 Å². The van der Waals surface area contributed by atoms with Crippen LogP contribution in [0.25, 0.3) is 58.8 Å². The van der Waals surface area contributed by atoms with E-state index in [2.05, 4.69) is 82.3 Å². The van der Waals surface area contributed by atoms with E-state index in [1.54, 1.807) is 0 Å². The fourth-order valence-corrected chi connectivity index (χ4v) is 5.58. The Labute approximate surface area is 175 Å². The van der Waals surface area contributed by atoms with Gasteiger partial charge in [0.05, 0.1) is 11.0 Å². The molecule has 0 aliphatic carbocycles. The van der Waals surface area contributed by atoms with Crippen LogP contribution in [0.15, 0.2) is 91.4 Å². The molecule has 0 N–H and O–H groups in total. The smallest absolute Gasteiger partial charge is 0.147 e. The summed E-state index contributed by atoms with van der Waals surface area (Å²) in [6.45, 7) is 0. The number of nitrogens with zero attached hydrogens (tertiary/aromatic N) is 3. The minimum atomic E-state index is 0.949. The molecule has 30 heavy (non-hydrogen) atoms. The van der Waals surface area contributed by atoms with Gasteiger partial charge in [-0.25, -0.2) is 4.98 Å². The highest BCUT2D eigenvalue weighted by molar-refractivity contribution is 7.25. The number of para-hydroxylation sites is 2. The first-order chi connectivity index (χ1) is 14.9. The fourth-order valence-electron chi connectivity index (χ4n) is 4.49. The standard InChI is InChI=1S/C26H15N3S/c1-4-8-24-18(5-1)19-13-16(9-10-25(19)30-24)21-15-29-23-7-3-2-6-22(23)28-26(29)20-14-27-12-11-17(20)21/h1-15H. The number of pyridine rings is 2. The Morgan fingerprint density at radius 2 is 1.60 bits per heavy atom. The Morgan fingerprint density at radius 3 is 2.60 bits per heavy atom. The molecule has 0 spiro atoms. The molecule has 0 amide bonds. The summed E-state index contributed by atoms with van der Waals surface area (Å²) in [5, 5.41) is 4.87. The van der Waals surface area contributed by atoms with Crippen LogP contribution in [0.1, 0.15) is 0 Å². The largest absolute Gasteiger partial charge is 0.298 e. The van der Waals surface area contributed by atoms with E-state index in [0.29, 0.717) is 0 Å². The van der Waals surface area contributed by atoms with Crippen LogP contribution in [0.5, 0.6) is 0 Å². The van der Waals surface area contributed by atoms with Gasteiger partial charge < -0.3 is 0 Å². The summed E-state index contributed by atoms with van der Waals surface area (Å²) in [6.07, 6.45) is 6.02. The molecule has 3 nitrogen and oxygen atoms in total. The first kappa shape index (κ1) is 16.1. The minimum Gasteiger partial charge on any atom is -0.298 e. The second-order valence-corrected chi connectivity index (χ2v) is 8.65. The molecule has 0 saturated heterocycles. The zero-order valence-corrected chi connectivity index (χ0v) is 16.7. The number of rotatable bonds is 1. The molecule has 0 aliphatic rings. The van der Waals surface area contributed by atoms with Gasteiger partial charge in [0.1, 0.15) is 5.65 Å². The van der Waals surface area contributed by atoms with Gasteiger partial charge in [-0.15, -0.1) is 11.3 Å². The van der Waals surface area contributed by atoms with Crippen molar-refractivity contribution in [3.63, 3.8) is 0 Å². The third-order valence-electron chi connectivity index (χ3n) is 5.89. The molecule has 7 aromatic rings. The molecule has 0 unspecified atom stereocenters. The van der Waals surface area contributed by atoms with E-state index in [9.17, 15) is 0 Å². The predicted molar refractivity (Wildman–Crippen MR) is 126 cm³/mol. The molecule has 4 aromatic heterocycles. The number of thiophene rings is 1. The van der Waals surface area contributed by atoms with Crippen LogP contribution >= 0.6 is 11.3 Å². The van der Waals surface area contributed by atoms with Crippen LogP contribution in [0, 0.1) is 0 Å². The second-order valence-electron chi connectivity index (χ2n) is 7.57. The van der Waals surface area contributed by atoms with Gasteiger partial charge in [0.2, 0.25) is 0 Å². The lowest BCUT2D eigenvalue weighted by Crippen LogP contribution is -1.91. The summed E-state index contributed by atoms with van der Waals surface area (Å²) in [5.41, 5.74) is 5.47. The Balaban J connectivity index is 1.62. The molecule has 3 aromatic carbocycles. The highest BCUT2D eigenvalue weighted by Crippen LogP contribution is 2.38. The molecule has 0 aliphatic heterocycles. The molecular formula is C26H15N3S. The van der Waals surface area contributed by atoms with E-state index in [1.807, 2.05) is 29.8 Å². The molecule has 4 heterocycles. The van der Waals surface area contributed by atoms with E-state index >= 15 is 0 Å². The van der Waals surface area contributed by atoms with Crippen molar-refractivity contribution in [3.05, 3.63) is 91.4 Å². The summed E-state index contributed by atoms with van der Waals surface area (Å²) in [7, 11) is 0. The van der Waals surface area contributed by atoms with Gasteiger partial charge in [0.15, 0.2) is 0 Å². The quantitative estimate of drug-likeness (QED) is 0.294. The lowest BCUT2D eigenvalue weighted by atomic mass is 10.00. The molecule has 140 valence electrons. The fraction of sp³-hybridized carbons (Fsp3) is 0. The minimum absolute atomic E-state index is 0.949. The SMILES string of the molecule is c1ccc2c(c1)nc1c3cnccc3c(-c3ccc4sc5ccccc5c4c3)cn21. The zero-order valence-electron chi connectivity index (χ0n) is 15.9. The average molecular weight is 401 g/mol. The van der Waals surface area contributed by atoms with Crippen LogP contribution in [-0.2, 0) is 0 Å². The Kier molecular flexibility index (Phi) is 3.15. The Morgan fingerprint density at radius 1 is 0.733 bits per heavy atom. The van der Waals surface area contributed by atoms with Crippen LogP contribution in [0.4, 0.5) is 0 Å². The highest BCUT2D eigenvalue weighted by atomic mass is 32.1. The second kappa shape index (κ2) is 5.88. The normalized spacial score (nSPS) is 12.0.